The molecule has 0 saturated heterocycles. The average molecular weight is 277 g/mol. The second-order valence-corrected chi connectivity index (χ2v) is 5.64. The summed E-state index contributed by atoms with van der Waals surface area (Å²) in [7, 11) is 2.07. The zero-order valence-corrected chi connectivity index (χ0v) is 13.0. The number of carbonyl (C=O) groups excluding carboxylic acids is 1. The van der Waals surface area contributed by atoms with E-state index in [9.17, 15) is 4.79 Å². The molecule has 1 aromatic carbocycles. The van der Waals surface area contributed by atoms with Crippen molar-refractivity contribution in [2.45, 2.75) is 39.4 Å². The molecule has 0 aliphatic rings. The lowest BCUT2D eigenvalue weighted by atomic mass is 10.0. The van der Waals surface area contributed by atoms with Crippen LogP contribution in [-0.4, -0.2) is 36.5 Å². The molecule has 0 radical (unpaired) electrons. The number of benzene rings is 1. The van der Waals surface area contributed by atoms with Crippen molar-refractivity contribution in [2.24, 2.45) is 11.7 Å². The maximum Gasteiger partial charge on any atom is 0.224 e. The van der Waals surface area contributed by atoms with E-state index in [2.05, 4.69) is 36.3 Å². The zero-order chi connectivity index (χ0) is 15.1. The molecular weight excluding hydrogens is 250 g/mol. The van der Waals surface area contributed by atoms with Gasteiger partial charge in [-0.1, -0.05) is 37.3 Å². The number of amides is 1. The fourth-order valence-electron chi connectivity index (χ4n) is 1.83. The molecule has 0 bridgehead atoms. The lowest BCUT2D eigenvalue weighted by Gasteiger charge is -2.26. The maximum absolute atomic E-state index is 11.9. The Kier molecular flexibility index (Phi) is 6.68. The third-order valence-corrected chi connectivity index (χ3v) is 3.80. The molecule has 1 rings (SSSR count). The fraction of sp³-hybridized carbons (Fsp3) is 0.562. The monoisotopic (exact) mass is 277 g/mol. The summed E-state index contributed by atoms with van der Waals surface area (Å²) < 4.78 is 0. The highest BCUT2D eigenvalue weighted by atomic mass is 16.1. The van der Waals surface area contributed by atoms with E-state index in [0.717, 1.165) is 6.54 Å². The second kappa shape index (κ2) is 8.02. The first-order chi connectivity index (χ1) is 9.41. The molecule has 1 amide bonds. The van der Waals surface area contributed by atoms with Crippen LogP contribution in [0.5, 0.6) is 0 Å². The quantitative estimate of drug-likeness (QED) is 0.796. The fourth-order valence-corrected chi connectivity index (χ4v) is 1.83. The van der Waals surface area contributed by atoms with E-state index >= 15 is 0 Å². The molecule has 0 spiro atoms. The number of hydrogen-bond donors (Lipinski definition) is 2. The van der Waals surface area contributed by atoms with Gasteiger partial charge in [0.15, 0.2) is 0 Å². The molecule has 1 aromatic rings. The van der Waals surface area contributed by atoms with Gasteiger partial charge in [0.05, 0.1) is 0 Å². The molecule has 3 atom stereocenters. The van der Waals surface area contributed by atoms with E-state index in [0.29, 0.717) is 6.54 Å². The van der Waals surface area contributed by atoms with Crippen molar-refractivity contribution in [1.82, 2.24) is 10.2 Å². The van der Waals surface area contributed by atoms with Gasteiger partial charge in [0.25, 0.3) is 0 Å². The summed E-state index contributed by atoms with van der Waals surface area (Å²) in [5.74, 6) is -0.124. The predicted molar refractivity (Wildman–Crippen MR) is 83.2 cm³/mol. The number of nitrogens with one attached hydrogen (secondary N) is 1. The van der Waals surface area contributed by atoms with E-state index in [4.69, 9.17) is 5.73 Å². The van der Waals surface area contributed by atoms with Crippen LogP contribution in [0.3, 0.4) is 0 Å². The molecule has 4 nitrogen and oxygen atoms in total. The van der Waals surface area contributed by atoms with Crippen molar-refractivity contribution in [1.29, 1.82) is 0 Å². The van der Waals surface area contributed by atoms with E-state index in [-0.39, 0.29) is 23.9 Å². The molecule has 0 aliphatic heterocycles. The van der Waals surface area contributed by atoms with Crippen molar-refractivity contribution in [2.75, 3.05) is 13.6 Å². The van der Waals surface area contributed by atoms with E-state index in [1.165, 1.54) is 5.56 Å². The molecule has 0 aliphatic carbocycles. The zero-order valence-electron chi connectivity index (χ0n) is 13.0. The lowest BCUT2D eigenvalue weighted by Crippen LogP contribution is -2.44. The van der Waals surface area contributed by atoms with Crippen molar-refractivity contribution in [3.63, 3.8) is 0 Å². The summed E-state index contributed by atoms with van der Waals surface area (Å²) in [6, 6.07) is 10.5. The Morgan fingerprint density at radius 2 is 1.85 bits per heavy atom. The minimum Gasteiger partial charge on any atom is -0.354 e. The van der Waals surface area contributed by atoms with Gasteiger partial charge in [-0.05, 0) is 26.5 Å². The van der Waals surface area contributed by atoms with Crippen LogP contribution in [0.4, 0.5) is 0 Å². The van der Waals surface area contributed by atoms with Gasteiger partial charge in [-0.15, -0.1) is 0 Å². The van der Waals surface area contributed by atoms with E-state index < -0.39 is 0 Å². The molecule has 20 heavy (non-hydrogen) atoms. The number of nitrogens with two attached hydrogens (primary N) is 1. The first kappa shape index (κ1) is 16.7. The molecule has 0 heterocycles. The Morgan fingerprint density at radius 3 is 2.40 bits per heavy atom. The van der Waals surface area contributed by atoms with Crippen LogP contribution >= 0.6 is 0 Å². The highest BCUT2D eigenvalue weighted by molar-refractivity contribution is 5.78. The number of hydrogen-bond acceptors (Lipinski definition) is 3. The molecule has 112 valence electrons. The van der Waals surface area contributed by atoms with Gasteiger partial charge in [-0.3, -0.25) is 9.69 Å². The van der Waals surface area contributed by atoms with Crippen LogP contribution in [0.25, 0.3) is 0 Å². The number of nitrogens with zero attached hydrogens (tertiary/aromatic N) is 1. The minimum atomic E-state index is -0.151. The average Bonchev–Trinajstić information content (AvgIpc) is 2.44. The second-order valence-electron chi connectivity index (χ2n) is 5.64. The summed E-state index contributed by atoms with van der Waals surface area (Å²) in [6.07, 6.45) is 0. The van der Waals surface area contributed by atoms with Gasteiger partial charge >= 0.3 is 0 Å². The first-order valence-electron chi connectivity index (χ1n) is 7.19. The molecule has 3 N–H and O–H groups in total. The molecular formula is C16H27N3O. The van der Waals surface area contributed by atoms with Gasteiger partial charge in [0.2, 0.25) is 5.91 Å². The molecule has 0 saturated carbocycles. The Hall–Kier alpha value is -1.39. The SMILES string of the molecule is CC(N)C(C)C(=O)NCC(C)N(C)Cc1ccccc1. The Bertz CT molecular complexity index is 405. The lowest BCUT2D eigenvalue weighted by molar-refractivity contribution is -0.125. The first-order valence-corrected chi connectivity index (χ1v) is 7.19. The molecule has 0 aromatic heterocycles. The molecule has 3 unspecified atom stereocenters. The summed E-state index contributed by atoms with van der Waals surface area (Å²) in [6.45, 7) is 7.34. The topological polar surface area (TPSA) is 58.4 Å². The summed E-state index contributed by atoms with van der Waals surface area (Å²) in [5, 5.41) is 2.97. The van der Waals surface area contributed by atoms with Crippen molar-refractivity contribution >= 4 is 5.91 Å². The van der Waals surface area contributed by atoms with Gasteiger partial charge < -0.3 is 11.1 Å². The largest absolute Gasteiger partial charge is 0.354 e. The van der Waals surface area contributed by atoms with Crippen LogP contribution < -0.4 is 11.1 Å². The number of rotatable bonds is 7. The number of likely N-dealkylation sites (N-methyl/N-ethyl adjacent to an activating group) is 1. The maximum atomic E-state index is 11.9. The van der Waals surface area contributed by atoms with Crippen LogP contribution in [-0.2, 0) is 11.3 Å². The Labute approximate surface area is 122 Å². The molecule has 4 heteroatoms. The summed E-state index contributed by atoms with van der Waals surface area (Å²) >= 11 is 0. The summed E-state index contributed by atoms with van der Waals surface area (Å²) in [5.41, 5.74) is 7.01. The standard InChI is InChI=1S/C16H27N3O/c1-12(10-18-16(20)13(2)14(3)17)19(4)11-15-8-6-5-7-9-15/h5-9,12-14H,10-11,17H2,1-4H3,(H,18,20). The van der Waals surface area contributed by atoms with Crippen molar-refractivity contribution in [3.05, 3.63) is 35.9 Å². The number of carbonyl (C=O) groups is 1. The van der Waals surface area contributed by atoms with Gasteiger partial charge in [-0.2, -0.15) is 0 Å². The van der Waals surface area contributed by atoms with Gasteiger partial charge in [0.1, 0.15) is 0 Å². The Morgan fingerprint density at radius 1 is 1.25 bits per heavy atom. The van der Waals surface area contributed by atoms with E-state index in [1.54, 1.807) is 0 Å². The van der Waals surface area contributed by atoms with Gasteiger partial charge in [0, 0.05) is 31.1 Å². The normalized spacial score (nSPS) is 15.7. The van der Waals surface area contributed by atoms with Crippen LogP contribution in [0.15, 0.2) is 30.3 Å². The van der Waals surface area contributed by atoms with Crippen molar-refractivity contribution in [3.8, 4) is 0 Å². The van der Waals surface area contributed by atoms with Crippen molar-refractivity contribution < 1.29 is 4.79 Å². The van der Waals surface area contributed by atoms with Crippen LogP contribution in [0, 0.1) is 5.92 Å². The predicted octanol–water partition coefficient (Wildman–Crippen LogP) is 1.61. The smallest absolute Gasteiger partial charge is 0.224 e. The highest BCUT2D eigenvalue weighted by Gasteiger charge is 2.18. The van der Waals surface area contributed by atoms with Gasteiger partial charge in [-0.25, -0.2) is 0 Å². The van der Waals surface area contributed by atoms with Crippen LogP contribution in [0.1, 0.15) is 26.3 Å². The Balaban J connectivity index is 2.39. The van der Waals surface area contributed by atoms with E-state index in [1.807, 2.05) is 32.0 Å². The highest BCUT2D eigenvalue weighted by Crippen LogP contribution is 2.06. The molecule has 0 fully saturated rings. The third-order valence-electron chi connectivity index (χ3n) is 3.80. The van der Waals surface area contributed by atoms with Crippen LogP contribution in [0.2, 0.25) is 0 Å². The summed E-state index contributed by atoms with van der Waals surface area (Å²) in [4.78, 5) is 14.1. The minimum absolute atomic E-state index is 0.0277. The third kappa shape index (κ3) is 5.31.